The number of methoxy groups -OCH3 is 1. The van der Waals surface area contributed by atoms with Gasteiger partial charge in [0.25, 0.3) is 0 Å². The van der Waals surface area contributed by atoms with Crippen LogP contribution in [0.3, 0.4) is 0 Å². The van der Waals surface area contributed by atoms with Crippen LogP contribution in [0.2, 0.25) is 0 Å². The first kappa shape index (κ1) is 15.4. The van der Waals surface area contributed by atoms with Crippen LogP contribution >= 0.6 is 0 Å². The van der Waals surface area contributed by atoms with Crippen LogP contribution in [-0.2, 0) is 4.79 Å². The molecule has 0 aromatic heterocycles. The molecule has 1 aromatic carbocycles. The molecule has 0 saturated carbocycles. The summed E-state index contributed by atoms with van der Waals surface area (Å²) in [7, 11) is 5.15. The fourth-order valence-corrected chi connectivity index (χ4v) is 1.64. The molecular formula is C13H19FN2O3. The molecule has 0 amide bonds. The normalized spacial score (nSPS) is 12.5. The van der Waals surface area contributed by atoms with E-state index in [0.717, 1.165) is 0 Å². The van der Waals surface area contributed by atoms with Crippen molar-refractivity contribution in [3.05, 3.63) is 29.6 Å². The molecule has 0 aliphatic carbocycles. The van der Waals surface area contributed by atoms with Gasteiger partial charge < -0.3 is 14.7 Å². The molecule has 19 heavy (non-hydrogen) atoms. The summed E-state index contributed by atoms with van der Waals surface area (Å²) in [4.78, 5) is 13.1. The molecule has 0 bridgehead atoms. The maximum absolute atomic E-state index is 13.6. The minimum absolute atomic E-state index is 0.0983. The van der Waals surface area contributed by atoms with E-state index in [-0.39, 0.29) is 5.75 Å². The van der Waals surface area contributed by atoms with Crippen molar-refractivity contribution in [3.8, 4) is 5.75 Å². The summed E-state index contributed by atoms with van der Waals surface area (Å²) in [5, 5.41) is 12.1. The Hall–Kier alpha value is -1.66. The smallest absolute Gasteiger partial charge is 0.325 e. The Labute approximate surface area is 112 Å². The van der Waals surface area contributed by atoms with Crippen molar-refractivity contribution >= 4 is 5.97 Å². The molecule has 6 heteroatoms. The second kappa shape index (κ2) is 7.06. The number of nitrogens with one attached hydrogen (secondary N) is 1. The molecule has 0 fully saturated rings. The Morgan fingerprint density at radius 2 is 2.21 bits per heavy atom. The van der Waals surface area contributed by atoms with Crippen molar-refractivity contribution in [2.75, 3.05) is 34.3 Å². The molecule has 1 aromatic rings. The fraction of sp³-hybridized carbons (Fsp3) is 0.462. The molecular weight excluding hydrogens is 251 g/mol. The topological polar surface area (TPSA) is 61.8 Å². The number of rotatable bonds is 7. The third kappa shape index (κ3) is 4.50. The molecule has 1 atom stereocenters. The SMILES string of the molecule is COc1ccc(C(NCCN(C)C)C(=O)O)cc1F. The highest BCUT2D eigenvalue weighted by molar-refractivity contribution is 5.75. The van der Waals surface area contributed by atoms with E-state index in [1.807, 2.05) is 19.0 Å². The zero-order valence-electron chi connectivity index (χ0n) is 11.3. The van der Waals surface area contributed by atoms with E-state index in [2.05, 4.69) is 5.32 Å². The van der Waals surface area contributed by atoms with Crippen LogP contribution < -0.4 is 10.1 Å². The van der Waals surface area contributed by atoms with Crippen molar-refractivity contribution in [1.82, 2.24) is 10.2 Å². The van der Waals surface area contributed by atoms with Crippen molar-refractivity contribution in [3.63, 3.8) is 0 Å². The highest BCUT2D eigenvalue weighted by Crippen LogP contribution is 2.22. The van der Waals surface area contributed by atoms with Gasteiger partial charge >= 0.3 is 5.97 Å². The van der Waals surface area contributed by atoms with Gasteiger partial charge in [0.05, 0.1) is 7.11 Å². The van der Waals surface area contributed by atoms with Crippen molar-refractivity contribution < 1.29 is 19.0 Å². The number of hydrogen-bond donors (Lipinski definition) is 2. The zero-order valence-corrected chi connectivity index (χ0v) is 11.3. The first-order valence-corrected chi connectivity index (χ1v) is 5.90. The maximum atomic E-state index is 13.6. The molecule has 0 aliphatic heterocycles. The summed E-state index contributed by atoms with van der Waals surface area (Å²) >= 11 is 0. The van der Waals surface area contributed by atoms with Crippen LogP contribution in [0.5, 0.6) is 5.75 Å². The van der Waals surface area contributed by atoms with Gasteiger partial charge in [-0.3, -0.25) is 10.1 Å². The van der Waals surface area contributed by atoms with Crippen molar-refractivity contribution in [2.24, 2.45) is 0 Å². The van der Waals surface area contributed by atoms with Gasteiger partial charge in [-0.2, -0.15) is 0 Å². The Morgan fingerprint density at radius 3 is 2.68 bits per heavy atom. The second-order valence-corrected chi connectivity index (χ2v) is 4.42. The number of aliphatic carboxylic acids is 1. The number of carboxylic acids is 1. The number of ether oxygens (including phenoxy) is 1. The monoisotopic (exact) mass is 270 g/mol. The van der Waals surface area contributed by atoms with Gasteiger partial charge in [-0.05, 0) is 31.8 Å². The lowest BCUT2D eigenvalue weighted by Gasteiger charge is -2.17. The van der Waals surface area contributed by atoms with E-state index in [4.69, 9.17) is 4.74 Å². The third-order valence-electron chi connectivity index (χ3n) is 2.66. The lowest BCUT2D eigenvalue weighted by atomic mass is 10.1. The Bertz CT molecular complexity index is 438. The predicted octanol–water partition coefficient (Wildman–Crippen LogP) is 1.11. The summed E-state index contributed by atoms with van der Waals surface area (Å²) in [5.74, 6) is -1.51. The second-order valence-electron chi connectivity index (χ2n) is 4.42. The van der Waals surface area contributed by atoms with Crippen LogP contribution in [-0.4, -0.2) is 50.3 Å². The summed E-state index contributed by atoms with van der Waals surface area (Å²) < 4.78 is 18.4. The molecule has 106 valence electrons. The Morgan fingerprint density at radius 1 is 1.53 bits per heavy atom. The molecule has 5 nitrogen and oxygen atoms in total. The minimum Gasteiger partial charge on any atom is -0.494 e. The first-order chi connectivity index (χ1) is 8.95. The molecule has 0 heterocycles. The molecule has 2 N–H and O–H groups in total. The average molecular weight is 270 g/mol. The predicted molar refractivity (Wildman–Crippen MR) is 69.9 cm³/mol. The zero-order chi connectivity index (χ0) is 14.4. The van der Waals surface area contributed by atoms with E-state index in [1.165, 1.54) is 19.2 Å². The minimum atomic E-state index is -1.04. The van der Waals surface area contributed by atoms with E-state index in [0.29, 0.717) is 18.7 Å². The highest BCUT2D eigenvalue weighted by Gasteiger charge is 2.20. The van der Waals surface area contributed by atoms with Crippen LogP contribution in [0.15, 0.2) is 18.2 Å². The van der Waals surface area contributed by atoms with Gasteiger partial charge in [-0.1, -0.05) is 6.07 Å². The van der Waals surface area contributed by atoms with E-state index >= 15 is 0 Å². The van der Waals surface area contributed by atoms with Gasteiger partial charge in [-0.15, -0.1) is 0 Å². The summed E-state index contributed by atoms with van der Waals surface area (Å²) in [6.07, 6.45) is 0. The molecule has 1 unspecified atom stereocenters. The molecule has 0 saturated heterocycles. The lowest BCUT2D eigenvalue weighted by molar-refractivity contribution is -0.139. The largest absolute Gasteiger partial charge is 0.494 e. The number of benzene rings is 1. The van der Waals surface area contributed by atoms with Gasteiger partial charge in [0.1, 0.15) is 6.04 Å². The standard InChI is InChI=1S/C13H19FN2O3/c1-16(2)7-6-15-12(13(17)18)9-4-5-11(19-3)10(14)8-9/h4-5,8,12,15H,6-7H2,1-3H3,(H,17,18). The molecule has 0 spiro atoms. The van der Waals surface area contributed by atoms with Gasteiger partial charge in [0, 0.05) is 13.1 Å². The number of nitrogens with zero attached hydrogens (tertiary/aromatic N) is 1. The first-order valence-electron chi connectivity index (χ1n) is 5.90. The Kier molecular flexibility index (Phi) is 5.72. The maximum Gasteiger partial charge on any atom is 0.325 e. The molecule has 0 aliphatic rings. The Balaban J connectivity index is 2.81. The van der Waals surface area contributed by atoms with E-state index in [1.54, 1.807) is 6.07 Å². The van der Waals surface area contributed by atoms with Gasteiger partial charge in [0.15, 0.2) is 11.6 Å². The number of carbonyl (C=O) groups is 1. The highest BCUT2D eigenvalue weighted by atomic mass is 19.1. The van der Waals surface area contributed by atoms with Crippen LogP contribution in [0, 0.1) is 5.82 Å². The van der Waals surface area contributed by atoms with Crippen molar-refractivity contribution in [2.45, 2.75) is 6.04 Å². The van der Waals surface area contributed by atoms with E-state index in [9.17, 15) is 14.3 Å². The van der Waals surface area contributed by atoms with Crippen LogP contribution in [0.4, 0.5) is 4.39 Å². The van der Waals surface area contributed by atoms with Crippen molar-refractivity contribution in [1.29, 1.82) is 0 Å². The quantitative estimate of drug-likeness (QED) is 0.777. The number of halogens is 1. The average Bonchev–Trinajstić information content (AvgIpc) is 2.33. The number of likely N-dealkylation sites (N-methyl/N-ethyl adjacent to an activating group) is 1. The molecule has 1 rings (SSSR count). The summed E-state index contributed by atoms with van der Waals surface area (Å²) in [5.41, 5.74) is 0.365. The molecule has 0 radical (unpaired) electrons. The van der Waals surface area contributed by atoms with Crippen LogP contribution in [0.1, 0.15) is 11.6 Å². The number of hydrogen-bond acceptors (Lipinski definition) is 4. The summed E-state index contributed by atoms with van der Waals surface area (Å²) in [6.45, 7) is 1.19. The number of carboxylic acid groups (broad SMARTS) is 1. The lowest BCUT2D eigenvalue weighted by Crippen LogP contribution is -2.34. The van der Waals surface area contributed by atoms with Crippen LogP contribution in [0.25, 0.3) is 0 Å². The summed E-state index contributed by atoms with van der Waals surface area (Å²) in [6, 6.07) is 3.22. The van der Waals surface area contributed by atoms with E-state index < -0.39 is 17.8 Å². The fourth-order valence-electron chi connectivity index (χ4n) is 1.64. The van der Waals surface area contributed by atoms with Gasteiger partial charge in [-0.25, -0.2) is 4.39 Å². The third-order valence-corrected chi connectivity index (χ3v) is 2.66. The van der Waals surface area contributed by atoms with Gasteiger partial charge in [0.2, 0.25) is 0 Å².